The number of fused-ring (bicyclic) bond motifs is 1. The van der Waals surface area contributed by atoms with E-state index in [0.717, 1.165) is 16.5 Å². The first-order valence-electron chi connectivity index (χ1n) is 9.14. The summed E-state index contributed by atoms with van der Waals surface area (Å²) >= 11 is 6.09. The molecule has 0 unspecified atom stereocenters. The van der Waals surface area contributed by atoms with Gasteiger partial charge in [0.25, 0.3) is 5.91 Å². The van der Waals surface area contributed by atoms with Crippen LogP contribution in [0.3, 0.4) is 0 Å². The highest BCUT2D eigenvalue weighted by Gasteiger charge is 2.20. The van der Waals surface area contributed by atoms with Crippen LogP contribution in [0.2, 0.25) is 5.02 Å². The van der Waals surface area contributed by atoms with Gasteiger partial charge in [0.05, 0.1) is 10.6 Å². The number of rotatable bonds is 4. The van der Waals surface area contributed by atoms with Gasteiger partial charge in [-0.15, -0.1) is 0 Å². The van der Waals surface area contributed by atoms with Crippen molar-refractivity contribution in [2.24, 2.45) is 0 Å². The summed E-state index contributed by atoms with van der Waals surface area (Å²) in [4.78, 5) is 25.3. The van der Waals surface area contributed by atoms with Crippen LogP contribution in [0.15, 0.2) is 71.1 Å². The van der Waals surface area contributed by atoms with Crippen LogP contribution in [0, 0.1) is 13.8 Å². The number of amides is 1. The fourth-order valence-corrected chi connectivity index (χ4v) is 3.42. The van der Waals surface area contributed by atoms with Gasteiger partial charge < -0.3 is 9.73 Å². The van der Waals surface area contributed by atoms with Crippen LogP contribution in [-0.2, 0) is 0 Å². The van der Waals surface area contributed by atoms with Crippen molar-refractivity contribution in [1.29, 1.82) is 0 Å². The summed E-state index contributed by atoms with van der Waals surface area (Å²) in [5, 5.41) is 4.03. The topological polar surface area (TPSA) is 59.3 Å². The van der Waals surface area contributed by atoms with Gasteiger partial charge in [0.2, 0.25) is 5.78 Å². The molecule has 0 atom stereocenters. The smallest absolute Gasteiger partial charge is 0.257 e. The van der Waals surface area contributed by atoms with E-state index >= 15 is 0 Å². The van der Waals surface area contributed by atoms with E-state index in [0.29, 0.717) is 33.2 Å². The minimum absolute atomic E-state index is 0.166. The van der Waals surface area contributed by atoms with Crippen LogP contribution in [0.25, 0.3) is 11.0 Å². The fraction of sp³-hybridized carbons (Fsp3) is 0.0833. The number of carbonyl (C=O) groups is 2. The molecule has 0 saturated heterocycles. The molecule has 0 fully saturated rings. The molecule has 1 amide bonds. The maximum Gasteiger partial charge on any atom is 0.257 e. The molecule has 4 aromatic rings. The number of carbonyl (C=O) groups excluding carboxylic acids is 2. The molecule has 0 saturated carbocycles. The van der Waals surface area contributed by atoms with Gasteiger partial charge in [-0.3, -0.25) is 9.59 Å². The molecule has 29 heavy (non-hydrogen) atoms. The van der Waals surface area contributed by atoms with Crippen LogP contribution in [0.1, 0.15) is 37.6 Å². The maximum atomic E-state index is 12.9. The first-order valence-corrected chi connectivity index (χ1v) is 9.52. The lowest BCUT2D eigenvalue weighted by Crippen LogP contribution is -2.12. The quantitative estimate of drug-likeness (QED) is 0.413. The van der Waals surface area contributed by atoms with E-state index < -0.39 is 0 Å². The first kappa shape index (κ1) is 19.0. The number of ketones is 1. The predicted octanol–water partition coefficient (Wildman–Crippen LogP) is 6.19. The highest BCUT2D eigenvalue weighted by molar-refractivity contribution is 6.34. The molecule has 4 rings (SSSR count). The Morgan fingerprint density at radius 3 is 2.38 bits per heavy atom. The first-order chi connectivity index (χ1) is 13.9. The van der Waals surface area contributed by atoms with E-state index in [1.165, 1.54) is 0 Å². The Kier molecular flexibility index (Phi) is 4.95. The zero-order valence-electron chi connectivity index (χ0n) is 16.0. The number of hydrogen-bond acceptors (Lipinski definition) is 3. The second-order valence-electron chi connectivity index (χ2n) is 6.90. The molecule has 5 heteroatoms. The second kappa shape index (κ2) is 7.57. The van der Waals surface area contributed by atoms with Crippen molar-refractivity contribution in [3.63, 3.8) is 0 Å². The third-order valence-electron chi connectivity index (χ3n) is 4.83. The highest BCUT2D eigenvalue weighted by Crippen LogP contribution is 2.30. The Labute approximate surface area is 173 Å². The summed E-state index contributed by atoms with van der Waals surface area (Å²) in [7, 11) is 0. The summed E-state index contributed by atoms with van der Waals surface area (Å²) in [5.41, 5.74) is 3.92. The monoisotopic (exact) mass is 403 g/mol. The lowest BCUT2D eigenvalue weighted by molar-refractivity contribution is 0.101. The van der Waals surface area contributed by atoms with Crippen LogP contribution in [0.5, 0.6) is 0 Å². The van der Waals surface area contributed by atoms with Crippen LogP contribution in [-0.4, -0.2) is 11.7 Å². The molecular formula is C24H18ClNO3. The molecule has 0 radical (unpaired) electrons. The molecule has 0 aliphatic heterocycles. The molecule has 4 nitrogen and oxygen atoms in total. The van der Waals surface area contributed by atoms with Crippen molar-refractivity contribution < 1.29 is 14.0 Å². The Balaban J connectivity index is 1.65. The fourth-order valence-electron chi connectivity index (χ4n) is 3.20. The number of anilines is 1. The zero-order valence-corrected chi connectivity index (χ0v) is 16.7. The van der Waals surface area contributed by atoms with Crippen LogP contribution < -0.4 is 5.32 Å². The number of benzene rings is 3. The van der Waals surface area contributed by atoms with Gasteiger partial charge in [0.15, 0.2) is 5.76 Å². The molecule has 1 aromatic heterocycles. The van der Waals surface area contributed by atoms with Gasteiger partial charge >= 0.3 is 0 Å². The summed E-state index contributed by atoms with van der Waals surface area (Å²) in [6, 6.07) is 19.5. The number of hydrogen-bond donors (Lipinski definition) is 1. The van der Waals surface area contributed by atoms with Gasteiger partial charge in [-0.1, -0.05) is 53.6 Å². The van der Waals surface area contributed by atoms with E-state index in [2.05, 4.69) is 5.32 Å². The van der Waals surface area contributed by atoms with Crippen molar-refractivity contribution in [2.75, 3.05) is 5.32 Å². The molecule has 0 spiro atoms. The van der Waals surface area contributed by atoms with Gasteiger partial charge in [0, 0.05) is 28.3 Å². The summed E-state index contributed by atoms with van der Waals surface area (Å²) in [5.74, 6) is -0.173. The SMILES string of the molecule is Cc1ccc(C(=O)c2oc3cc(NC(=O)c4ccccc4Cl)ccc3c2C)cc1. The number of aryl methyl sites for hydroxylation is 2. The van der Waals surface area contributed by atoms with E-state index in [4.69, 9.17) is 16.0 Å². The second-order valence-corrected chi connectivity index (χ2v) is 7.30. The summed E-state index contributed by atoms with van der Waals surface area (Å²) < 4.78 is 5.87. The van der Waals surface area contributed by atoms with Crippen molar-refractivity contribution in [3.05, 3.63) is 99.8 Å². The molecule has 1 N–H and O–H groups in total. The van der Waals surface area contributed by atoms with Crippen molar-refractivity contribution >= 4 is 39.9 Å². The van der Waals surface area contributed by atoms with E-state index in [9.17, 15) is 9.59 Å². The summed E-state index contributed by atoms with van der Waals surface area (Å²) in [6.45, 7) is 3.83. The Bertz CT molecular complexity index is 1240. The molecule has 1 heterocycles. The third-order valence-corrected chi connectivity index (χ3v) is 5.16. The molecule has 144 valence electrons. The Hall–Kier alpha value is -3.37. The molecule has 0 aliphatic rings. The van der Waals surface area contributed by atoms with Crippen molar-refractivity contribution in [2.45, 2.75) is 13.8 Å². The van der Waals surface area contributed by atoms with E-state index in [1.54, 1.807) is 48.5 Å². The number of halogens is 1. The zero-order chi connectivity index (χ0) is 20.5. The van der Waals surface area contributed by atoms with E-state index in [1.807, 2.05) is 32.0 Å². The third kappa shape index (κ3) is 3.67. The lowest BCUT2D eigenvalue weighted by Gasteiger charge is -2.06. The van der Waals surface area contributed by atoms with E-state index in [-0.39, 0.29) is 11.7 Å². The minimum Gasteiger partial charge on any atom is -0.452 e. The Morgan fingerprint density at radius 1 is 0.931 bits per heavy atom. The van der Waals surface area contributed by atoms with Crippen molar-refractivity contribution in [1.82, 2.24) is 0 Å². The molecular weight excluding hydrogens is 386 g/mol. The number of nitrogens with one attached hydrogen (secondary N) is 1. The molecule has 0 bridgehead atoms. The Morgan fingerprint density at radius 2 is 1.66 bits per heavy atom. The van der Waals surface area contributed by atoms with Gasteiger partial charge in [-0.25, -0.2) is 0 Å². The largest absolute Gasteiger partial charge is 0.452 e. The predicted molar refractivity (Wildman–Crippen MR) is 115 cm³/mol. The number of furan rings is 1. The standard InChI is InChI=1S/C24H18ClNO3/c1-14-7-9-16(10-8-14)22(27)23-15(2)18-12-11-17(13-21(18)29-23)26-24(28)19-5-3-4-6-20(19)25/h3-13H,1-2H3,(H,26,28). The molecule has 0 aliphatic carbocycles. The average Bonchev–Trinajstić information content (AvgIpc) is 3.04. The lowest BCUT2D eigenvalue weighted by atomic mass is 10.0. The van der Waals surface area contributed by atoms with Crippen LogP contribution in [0.4, 0.5) is 5.69 Å². The summed E-state index contributed by atoms with van der Waals surface area (Å²) in [6.07, 6.45) is 0. The van der Waals surface area contributed by atoms with Crippen molar-refractivity contribution in [3.8, 4) is 0 Å². The minimum atomic E-state index is -0.311. The normalized spacial score (nSPS) is 10.9. The van der Waals surface area contributed by atoms with Crippen LogP contribution >= 0.6 is 11.6 Å². The maximum absolute atomic E-state index is 12.9. The van der Waals surface area contributed by atoms with Gasteiger partial charge in [-0.05, 0) is 38.1 Å². The molecule has 3 aromatic carbocycles. The van der Waals surface area contributed by atoms with Gasteiger partial charge in [0.1, 0.15) is 5.58 Å². The van der Waals surface area contributed by atoms with Gasteiger partial charge in [-0.2, -0.15) is 0 Å². The average molecular weight is 404 g/mol. The highest BCUT2D eigenvalue weighted by atomic mass is 35.5.